The minimum atomic E-state index is -0.718. The first kappa shape index (κ1) is 10.5. The fourth-order valence-electron chi connectivity index (χ4n) is 0. The number of primary amides is 1. The van der Waals surface area contributed by atoms with Gasteiger partial charge in [-0.25, -0.2) is 10.6 Å². The second kappa shape index (κ2) is 6.50. The number of amides is 2. The van der Waals surface area contributed by atoms with E-state index in [1.165, 1.54) is 0 Å². The lowest BCUT2D eigenvalue weighted by atomic mass is 11.1. The fourth-order valence-corrected chi connectivity index (χ4v) is 0. The number of carbonyl (C=O) groups excluding carboxylic acids is 1. The van der Waals surface area contributed by atoms with Gasteiger partial charge in [0.2, 0.25) is 0 Å². The van der Waals surface area contributed by atoms with Gasteiger partial charge in [-0.3, -0.25) is 10.8 Å². The average molecular weight is 134 g/mol. The van der Waals surface area contributed by atoms with E-state index in [0.717, 1.165) is 0 Å². The first-order valence-corrected chi connectivity index (χ1v) is 1.86. The molecule has 0 bridgehead atoms. The summed E-state index contributed by atoms with van der Waals surface area (Å²) >= 11 is 0. The molecule has 0 rings (SSSR count). The van der Waals surface area contributed by atoms with E-state index in [4.69, 9.17) is 5.41 Å². The molecule has 0 unspecified atom stereocenters. The van der Waals surface area contributed by atoms with Crippen LogP contribution >= 0.6 is 0 Å². The van der Waals surface area contributed by atoms with Crippen LogP contribution in [0.5, 0.6) is 0 Å². The Hall–Kier alpha value is -1.50. The van der Waals surface area contributed by atoms with Gasteiger partial charge in [0, 0.05) is 0 Å². The summed E-state index contributed by atoms with van der Waals surface area (Å²) in [6.07, 6.45) is 0. The van der Waals surface area contributed by atoms with Crippen molar-refractivity contribution in [2.75, 3.05) is 0 Å². The highest BCUT2D eigenvalue weighted by atomic mass is 16.2. The van der Waals surface area contributed by atoms with E-state index in [9.17, 15) is 4.79 Å². The minimum absolute atomic E-state index is 0.333. The average Bonchev–Trinajstić information content (AvgIpc) is 1.65. The molecule has 0 saturated carbocycles. The van der Waals surface area contributed by atoms with Crippen LogP contribution < -0.4 is 28.5 Å². The highest BCUT2D eigenvalue weighted by molar-refractivity contribution is 5.71. The summed E-state index contributed by atoms with van der Waals surface area (Å²) in [5, 5.41) is 6.06. The lowest BCUT2D eigenvalue weighted by Crippen LogP contribution is -2.34. The van der Waals surface area contributed by atoms with Crippen LogP contribution in [0.4, 0.5) is 4.79 Å². The molecular formula is C2H10N6O. The van der Waals surface area contributed by atoms with E-state index in [1.807, 2.05) is 0 Å². The predicted molar refractivity (Wildman–Crippen MR) is 33.0 cm³/mol. The molecule has 0 saturated heterocycles. The number of urea groups is 1. The van der Waals surface area contributed by atoms with Crippen LogP contribution in [0.3, 0.4) is 0 Å². The monoisotopic (exact) mass is 134 g/mol. The van der Waals surface area contributed by atoms with Crippen molar-refractivity contribution >= 4 is 12.0 Å². The van der Waals surface area contributed by atoms with Gasteiger partial charge in [-0.1, -0.05) is 0 Å². The molecule has 10 N–H and O–H groups in total. The van der Waals surface area contributed by atoms with Gasteiger partial charge in [0.05, 0.1) is 0 Å². The molecular weight excluding hydrogens is 124 g/mol. The molecule has 0 aromatic carbocycles. The summed E-state index contributed by atoms with van der Waals surface area (Å²) in [7, 11) is 0. The second-order valence-electron chi connectivity index (χ2n) is 0.964. The van der Waals surface area contributed by atoms with E-state index in [2.05, 4.69) is 23.0 Å². The van der Waals surface area contributed by atoms with E-state index in [1.54, 1.807) is 5.43 Å². The van der Waals surface area contributed by atoms with E-state index >= 15 is 0 Å². The maximum Gasteiger partial charge on any atom is 0.326 e. The summed E-state index contributed by atoms with van der Waals surface area (Å²) in [6, 6.07) is -0.718. The number of rotatable bonds is 0. The molecule has 0 aliphatic rings. The van der Waals surface area contributed by atoms with Gasteiger partial charge >= 0.3 is 6.03 Å². The van der Waals surface area contributed by atoms with Crippen molar-refractivity contribution in [3.8, 4) is 0 Å². The van der Waals surface area contributed by atoms with Crippen LogP contribution in [-0.4, -0.2) is 12.0 Å². The van der Waals surface area contributed by atoms with E-state index in [-0.39, 0.29) is 5.96 Å². The van der Waals surface area contributed by atoms with Crippen molar-refractivity contribution in [1.29, 1.82) is 5.41 Å². The molecule has 7 nitrogen and oxygen atoms in total. The third-order valence-electron chi connectivity index (χ3n) is 0.142. The standard InChI is InChI=1S/CH5N3O.CH5N3/c2-1(5)4-3;2-1(3)4/h3H2,(H3,2,4,5);(H5,2,3,4). The minimum Gasteiger partial charge on any atom is -0.370 e. The van der Waals surface area contributed by atoms with Crippen molar-refractivity contribution < 1.29 is 4.79 Å². The molecule has 7 heteroatoms. The zero-order chi connectivity index (χ0) is 7.86. The van der Waals surface area contributed by atoms with E-state index in [0.29, 0.717) is 0 Å². The molecule has 0 aliphatic carbocycles. The lowest BCUT2D eigenvalue weighted by molar-refractivity contribution is 0.249. The van der Waals surface area contributed by atoms with Gasteiger partial charge in [-0.05, 0) is 0 Å². The van der Waals surface area contributed by atoms with Crippen LogP contribution in [-0.2, 0) is 0 Å². The van der Waals surface area contributed by atoms with Gasteiger partial charge in [0.15, 0.2) is 5.96 Å². The van der Waals surface area contributed by atoms with Crippen molar-refractivity contribution in [2.45, 2.75) is 0 Å². The highest BCUT2D eigenvalue weighted by Crippen LogP contribution is 1.34. The Morgan fingerprint density at radius 2 is 1.44 bits per heavy atom. The first-order chi connectivity index (χ1) is 4.00. The zero-order valence-electron chi connectivity index (χ0n) is 4.72. The van der Waals surface area contributed by atoms with Gasteiger partial charge in [0.25, 0.3) is 0 Å². The molecule has 2 amide bonds. The number of guanidine groups is 1. The fraction of sp³-hybridized carbons (Fsp3) is 0. The van der Waals surface area contributed by atoms with Crippen LogP contribution in [0.25, 0.3) is 0 Å². The molecule has 0 fully saturated rings. The Bertz CT molecular complexity index is 95.2. The Labute approximate surface area is 51.8 Å². The topological polar surface area (TPSA) is 157 Å². The molecule has 0 aromatic rings. The van der Waals surface area contributed by atoms with Crippen molar-refractivity contribution in [3.05, 3.63) is 0 Å². The maximum atomic E-state index is 9.35. The number of nitrogens with two attached hydrogens (primary N) is 4. The van der Waals surface area contributed by atoms with Crippen LogP contribution in [0.15, 0.2) is 0 Å². The molecule has 9 heavy (non-hydrogen) atoms. The SMILES string of the molecule is N=C(N)N.NNC(N)=O. The smallest absolute Gasteiger partial charge is 0.326 e. The normalized spacial score (nSPS) is 6.33. The number of nitrogens with one attached hydrogen (secondary N) is 2. The first-order valence-electron chi connectivity index (χ1n) is 1.86. The van der Waals surface area contributed by atoms with Gasteiger partial charge in [-0.2, -0.15) is 0 Å². The van der Waals surface area contributed by atoms with Crippen LogP contribution in [0, 0.1) is 5.41 Å². The number of hydrogen-bond donors (Lipinski definition) is 6. The van der Waals surface area contributed by atoms with Crippen molar-refractivity contribution in [3.63, 3.8) is 0 Å². The Morgan fingerprint density at radius 3 is 1.44 bits per heavy atom. The maximum absolute atomic E-state index is 9.35. The van der Waals surface area contributed by atoms with Crippen LogP contribution in [0.1, 0.15) is 0 Å². The van der Waals surface area contributed by atoms with Crippen molar-refractivity contribution in [2.24, 2.45) is 23.0 Å². The van der Waals surface area contributed by atoms with Gasteiger partial charge in [0.1, 0.15) is 0 Å². The summed E-state index contributed by atoms with van der Waals surface area (Å²) in [5.41, 5.74) is 15.0. The molecule has 0 aromatic heterocycles. The largest absolute Gasteiger partial charge is 0.370 e. The third-order valence-corrected chi connectivity index (χ3v) is 0.142. The summed E-state index contributed by atoms with van der Waals surface area (Å²) < 4.78 is 0. The zero-order valence-corrected chi connectivity index (χ0v) is 4.72. The van der Waals surface area contributed by atoms with Crippen molar-refractivity contribution in [1.82, 2.24) is 5.43 Å². The Kier molecular flexibility index (Phi) is 7.57. The summed E-state index contributed by atoms with van der Waals surface area (Å²) in [6.45, 7) is 0. The molecule has 0 spiro atoms. The predicted octanol–water partition coefficient (Wildman–Crippen LogP) is -2.63. The third kappa shape index (κ3) is 526. The lowest BCUT2D eigenvalue weighted by Gasteiger charge is -1.81. The van der Waals surface area contributed by atoms with E-state index < -0.39 is 6.03 Å². The highest BCUT2D eigenvalue weighted by Gasteiger charge is 1.73. The molecule has 0 aliphatic heterocycles. The molecule has 0 radical (unpaired) electrons. The number of hydrazine groups is 1. The molecule has 0 heterocycles. The Balaban J connectivity index is 0. The molecule has 0 atom stereocenters. The summed E-state index contributed by atoms with van der Waals surface area (Å²) in [5.74, 6) is 4.11. The van der Waals surface area contributed by atoms with Crippen LogP contribution in [0.2, 0.25) is 0 Å². The number of carbonyl (C=O) groups is 1. The summed E-state index contributed by atoms with van der Waals surface area (Å²) in [4.78, 5) is 9.35. The Morgan fingerprint density at radius 1 is 1.33 bits per heavy atom. The molecule has 54 valence electrons. The quantitative estimate of drug-likeness (QED) is 0.0703. The van der Waals surface area contributed by atoms with Gasteiger partial charge in [-0.15, -0.1) is 0 Å². The number of hydrogen-bond acceptors (Lipinski definition) is 3. The second-order valence-corrected chi connectivity index (χ2v) is 0.964. The van der Waals surface area contributed by atoms with Gasteiger partial charge < -0.3 is 17.2 Å².